The minimum Gasteiger partial charge on any atom is -0.494 e. The van der Waals surface area contributed by atoms with Crippen LogP contribution in [0, 0.1) is 5.82 Å². The molecule has 11 heteroatoms. The number of methoxy groups -OCH3 is 1. The van der Waals surface area contributed by atoms with Gasteiger partial charge < -0.3 is 14.2 Å². The number of fused-ring (bicyclic) bond motifs is 1. The number of carbonyl (C=O) groups is 1. The zero-order valence-corrected chi connectivity index (χ0v) is 19.6. The largest absolute Gasteiger partial charge is 0.494 e. The molecule has 0 spiro atoms. The lowest BCUT2D eigenvalue weighted by Crippen LogP contribution is -2.27. The van der Waals surface area contributed by atoms with E-state index in [1.54, 1.807) is 20.8 Å². The van der Waals surface area contributed by atoms with Gasteiger partial charge in [0, 0.05) is 12.6 Å². The van der Waals surface area contributed by atoms with Gasteiger partial charge in [-0.05, 0) is 56.7 Å². The molecule has 0 aliphatic carbocycles. The van der Waals surface area contributed by atoms with Gasteiger partial charge in [-0.3, -0.25) is 0 Å². The van der Waals surface area contributed by atoms with Gasteiger partial charge >= 0.3 is 5.97 Å². The molecule has 33 heavy (non-hydrogen) atoms. The lowest BCUT2D eigenvalue weighted by molar-refractivity contribution is -0.157. The van der Waals surface area contributed by atoms with Gasteiger partial charge in [0.25, 0.3) is 10.0 Å². The van der Waals surface area contributed by atoms with Crippen LogP contribution < -0.4 is 9.47 Å². The summed E-state index contributed by atoms with van der Waals surface area (Å²) in [6.07, 6.45) is 1.41. The number of esters is 1. The van der Waals surface area contributed by atoms with Crippen LogP contribution in [0.3, 0.4) is 0 Å². The van der Waals surface area contributed by atoms with E-state index >= 15 is 0 Å². The lowest BCUT2D eigenvalue weighted by atomic mass is 10.2. The molecule has 0 atom stereocenters. The quantitative estimate of drug-likeness (QED) is 0.358. The minimum atomic E-state index is -3.92. The number of hydrazone groups is 1. The second-order valence-corrected chi connectivity index (χ2v) is 9.66. The summed E-state index contributed by atoms with van der Waals surface area (Å²) >= 11 is 0. The van der Waals surface area contributed by atoms with Crippen LogP contribution in [0.2, 0.25) is 0 Å². The standard InChI is InChI=1S/C22H24FN3O6S/c1-22(2,3)32-20(27)13-31-15-7-9-19-16(11-15)21(25-33(19,28)29)26(4)24-12-14-6-8-17(23)18(10-14)30-5/h6-12H,13H2,1-5H3/b24-12+. The van der Waals surface area contributed by atoms with E-state index in [4.69, 9.17) is 14.2 Å². The van der Waals surface area contributed by atoms with Crippen LogP contribution in [-0.4, -0.2) is 57.8 Å². The maximum Gasteiger partial charge on any atom is 0.344 e. The SMILES string of the molecule is COc1cc(/C=N/N(C)C2=NS(=O)(=O)c3ccc(OCC(=O)OC(C)(C)C)cc32)ccc1F. The van der Waals surface area contributed by atoms with Gasteiger partial charge in [-0.15, -0.1) is 4.40 Å². The fourth-order valence-corrected chi connectivity index (χ4v) is 4.13. The molecule has 1 heterocycles. The van der Waals surface area contributed by atoms with Gasteiger partial charge in [0.15, 0.2) is 24.0 Å². The Morgan fingerprint density at radius 2 is 1.94 bits per heavy atom. The van der Waals surface area contributed by atoms with Crippen molar-refractivity contribution in [3.8, 4) is 11.5 Å². The molecular formula is C22H24FN3O6S. The molecule has 0 saturated heterocycles. The summed E-state index contributed by atoms with van der Waals surface area (Å²) in [4.78, 5) is 11.9. The maximum atomic E-state index is 13.6. The zero-order chi connectivity index (χ0) is 24.4. The first kappa shape index (κ1) is 24.2. The highest BCUT2D eigenvalue weighted by atomic mass is 32.2. The zero-order valence-electron chi connectivity index (χ0n) is 18.8. The first-order valence-electron chi connectivity index (χ1n) is 9.85. The summed E-state index contributed by atoms with van der Waals surface area (Å²) in [6.45, 7) is 4.89. The van der Waals surface area contributed by atoms with E-state index in [-0.39, 0.29) is 34.4 Å². The van der Waals surface area contributed by atoms with Crippen LogP contribution >= 0.6 is 0 Å². The first-order valence-corrected chi connectivity index (χ1v) is 11.3. The molecule has 1 aliphatic heterocycles. The fraction of sp³-hybridized carbons (Fsp3) is 0.318. The van der Waals surface area contributed by atoms with Crippen molar-refractivity contribution in [2.24, 2.45) is 9.50 Å². The Bertz CT molecular complexity index is 1240. The molecule has 0 bridgehead atoms. The number of benzene rings is 2. The number of sulfonamides is 1. The van der Waals surface area contributed by atoms with Gasteiger partial charge in [0.1, 0.15) is 16.2 Å². The molecule has 3 rings (SSSR count). The summed E-state index contributed by atoms with van der Waals surface area (Å²) in [5.41, 5.74) is 0.158. The summed E-state index contributed by atoms with van der Waals surface area (Å²) in [6, 6.07) is 8.45. The molecule has 0 saturated carbocycles. The average molecular weight is 478 g/mol. The van der Waals surface area contributed by atoms with Gasteiger partial charge in [0.05, 0.1) is 13.3 Å². The smallest absolute Gasteiger partial charge is 0.344 e. The number of nitrogens with zero attached hydrogens (tertiary/aromatic N) is 3. The van der Waals surface area contributed by atoms with E-state index in [0.29, 0.717) is 5.56 Å². The van der Waals surface area contributed by atoms with E-state index < -0.39 is 27.4 Å². The molecule has 0 fully saturated rings. The highest BCUT2D eigenvalue weighted by molar-refractivity contribution is 7.90. The highest BCUT2D eigenvalue weighted by Gasteiger charge is 2.31. The topological polar surface area (TPSA) is 107 Å². The monoisotopic (exact) mass is 477 g/mol. The molecule has 9 nitrogen and oxygen atoms in total. The molecular weight excluding hydrogens is 453 g/mol. The number of hydrogen-bond donors (Lipinski definition) is 0. The van der Waals surface area contributed by atoms with E-state index in [9.17, 15) is 17.6 Å². The Morgan fingerprint density at radius 1 is 1.21 bits per heavy atom. The Kier molecular flexibility index (Phi) is 6.73. The Morgan fingerprint density at radius 3 is 2.61 bits per heavy atom. The van der Waals surface area contributed by atoms with Crippen molar-refractivity contribution in [3.63, 3.8) is 0 Å². The number of rotatable bonds is 6. The van der Waals surface area contributed by atoms with Crippen LogP contribution in [0.5, 0.6) is 11.5 Å². The molecule has 0 aromatic heterocycles. The predicted molar refractivity (Wildman–Crippen MR) is 120 cm³/mol. The van der Waals surface area contributed by atoms with Crippen molar-refractivity contribution in [1.82, 2.24) is 5.01 Å². The number of halogens is 1. The molecule has 2 aromatic rings. The van der Waals surface area contributed by atoms with Crippen molar-refractivity contribution in [1.29, 1.82) is 0 Å². The second kappa shape index (κ2) is 9.18. The molecule has 2 aromatic carbocycles. The molecule has 0 N–H and O–H groups in total. The van der Waals surface area contributed by atoms with Crippen LogP contribution in [0.15, 0.2) is 50.8 Å². The van der Waals surface area contributed by atoms with Gasteiger partial charge in [-0.25, -0.2) is 14.2 Å². The number of carbonyl (C=O) groups excluding carboxylic acids is 1. The summed E-state index contributed by atoms with van der Waals surface area (Å²) in [5, 5.41) is 5.48. The fourth-order valence-electron chi connectivity index (χ4n) is 2.92. The van der Waals surface area contributed by atoms with Gasteiger partial charge in [0.2, 0.25) is 0 Å². The van der Waals surface area contributed by atoms with E-state index in [1.807, 2.05) is 0 Å². The Labute approximate surface area is 191 Å². The van der Waals surface area contributed by atoms with Crippen LogP contribution in [0.1, 0.15) is 31.9 Å². The first-order chi connectivity index (χ1) is 15.4. The number of ether oxygens (including phenoxy) is 3. The Balaban J connectivity index is 1.81. The normalized spacial score (nSPS) is 14.5. The molecule has 0 amide bonds. The Hall–Kier alpha value is -3.47. The van der Waals surface area contributed by atoms with E-state index in [1.165, 1.54) is 61.8 Å². The maximum absolute atomic E-state index is 13.6. The lowest BCUT2D eigenvalue weighted by Gasteiger charge is -2.19. The predicted octanol–water partition coefficient (Wildman–Crippen LogP) is 2.97. The van der Waals surface area contributed by atoms with E-state index in [2.05, 4.69) is 9.50 Å². The molecule has 176 valence electrons. The van der Waals surface area contributed by atoms with E-state index in [0.717, 1.165) is 0 Å². The highest BCUT2D eigenvalue weighted by Crippen LogP contribution is 2.31. The van der Waals surface area contributed by atoms with Gasteiger partial charge in [-0.1, -0.05) is 6.07 Å². The average Bonchev–Trinajstić information content (AvgIpc) is 3.00. The van der Waals surface area contributed by atoms with Crippen molar-refractivity contribution in [3.05, 3.63) is 53.3 Å². The summed E-state index contributed by atoms with van der Waals surface area (Å²) < 4.78 is 57.9. The minimum absolute atomic E-state index is 0.00683. The summed E-state index contributed by atoms with van der Waals surface area (Å²) in [5.74, 6) is -0.675. The van der Waals surface area contributed by atoms with Crippen LogP contribution in [0.25, 0.3) is 0 Å². The third kappa shape index (κ3) is 5.86. The van der Waals surface area contributed by atoms with Crippen LogP contribution in [-0.2, 0) is 19.6 Å². The van der Waals surface area contributed by atoms with Crippen molar-refractivity contribution in [2.75, 3.05) is 20.8 Å². The van der Waals surface area contributed by atoms with Crippen molar-refractivity contribution >= 4 is 28.0 Å². The second-order valence-electron chi connectivity index (χ2n) is 8.09. The van der Waals surface area contributed by atoms with Crippen molar-refractivity contribution < 1.29 is 31.8 Å². The van der Waals surface area contributed by atoms with Gasteiger partial charge in [-0.2, -0.15) is 13.5 Å². The molecule has 0 radical (unpaired) electrons. The summed E-state index contributed by atoms with van der Waals surface area (Å²) in [7, 11) is -1.04. The molecule has 1 aliphatic rings. The molecule has 0 unspecified atom stereocenters. The third-order valence-corrected chi connectivity index (χ3v) is 5.64. The number of hydrogen-bond acceptors (Lipinski definition) is 8. The number of amidine groups is 1. The van der Waals surface area contributed by atoms with Crippen LogP contribution in [0.4, 0.5) is 4.39 Å². The van der Waals surface area contributed by atoms with Crippen molar-refractivity contribution in [2.45, 2.75) is 31.3 Å². The third-order valence-electron chi connectivity index (χ3n) is 4.31.